The van der Waals surface area contributed by atoms with Crippen molar-refractivity contribution in [2.24, 2.45) is 0 Å². The van der Waals surface area contributed by atoms with E-state index in [2.05, 4.69) is 42.5 Å². The number of benzene rings is 1. The minimum absolute atomic E-state index is 0. The Hall–Kier alpha value is -1.02. The van der Waals surface area contributed by atoms with Gasteiger partial charge < -0.3 is 10.0 Å². The Labute approximate surface area is 127 Å². The molecule has 18 heavy (non-hydrogen) atoms. The average Bonchev–Trinajstić information content (AvgIpc) is 2.79. The molecule has 0 aliphatic heterocycles. The van der Waals surface area contributed by atoms with E-state index in [0.29, 0.717) is 13.1 Å². The molecule has 2 rings (SSSR count). The van der Waals surface area contributed by atoms with E-state index in [1.54, 1.807) is 0 Å². The number of amides is 1. The van der Waals surface area contributed by atoms with Gasteiger partial charge in [0, 0.05) is 39.3 Å². The van der Waals surface area contributed by atoms with Gasteiger partial charge in [-0.05, 0) is 13.8 Å². The van der Waals surface area contributed by atoms with Crippen LogP contribution in [-0.4, -0.2) is 29.2 Å². The summed E-state index contributed by atoms with van der Waals surface area (Å²) in [5.41, 5.74) is 0. The van der Waals surface area contributed by atoms with E-state index >= 15 is 0 Å². The van der Waals surface area contributed by atoms with Gasteiger partial charge >= 0.3 is 6.09 Å². The van der Waals surface area contributed by atoms with Crippen LogP contribution in [-0.2, 0) is 26.2 Å². The number of rotatable bonds is 2. The van der Waals surface area contributed by atoms with E-state index in [1.165, 1.54) is 15.7 Å². The fourth-order valence-corrected chi connectivity index (χ4v) is 1.56. The van der Waals surface area contributed by atoms with E-state index in [-0.39, 0.29) is 26.2 Å². The van der Waals surface area contributed by atoms with Gasteiger partial charge in [0.25, 0.3) is 0 Å². The Morgan fingerprint density at radius 3 is 2.28 bits per heavy atom. The van der Waals surface area contributed by atoms with Crippen molar-refractivity contribution in [2.75, 3.05) is 13.1 Å². The number of nitrogens with zero attached hydrogens (tertiary/aromatic N) is 1. The van der Waals surface area contributed by atoms with Crippen molar-refractivity contribution in [3.05, 3.63) is 42.5 Å². The molecule has 2 aromatic rings. The van der Waals surface area contributed by atoms with Crippen LogP contribution in [0, 0.1) is 0 Å². The summed E-state index contributed by atoms with van der Waals surface area (Å²) < 4.78 is 0. The van der Waals surface area contributed by atoms with Crippen molar-refractivity contribution in [1.82, 2.24) is 4.90 Å². The Balaban J connectivity index is 0.000000308. The first-order chi connectivity index (χ1) is 8.19. The summed E-state index contributed by atoms with van der Waals surface area (Å²) in [7, 11) is 0. The van der Waals surface area contributed by atoms with Gasteiger partial charge in [0.15, 0.2) is 0 Å². The monoisotopic (exact) mass is 322 g/mol. The fourth-order valence-electron chi connectivity index (χ4n) is 1.56. The average molecular weight is 324 g/mol. The number of carbonyl (C=O) groups is 1. The standard InChI is InChI=1S/C9H7.C5H11NO2.Zr/c1-2-5-9-7-3-6-8(9)4-1;1-3-6(4-2)5(7)8;/h1-7H;3-4H2,1-2H3,(H,7,8);/q-1;;. The van der Waals surface area contributed by atoms with Gasteiger partial charge in [-0.2, -0.15) is 17.5 Å². The number of fused-ring (bicyclic) bond motifs is 1. The molecule has 0 aliphatic carbocycles. The minimum Gasteiger partial charge on any atom is -0.465 e. The fraction of sp³-hybridized carbons (Fsp3) is 0.286. The molecule has 2 aromatic carbocycles. The topological polar surface area (TPSA) is 40.5 Å². The van der Waals surface area contributed by atoms with Crippen LogP contribution < -0.4 is 0 Å². The Morgan fingerprint density at radius 2 is 1.83 bits per heavy atom. The van der Waals surface area contributed by atoms with Crippen molar-refractivity contribution < 1.29 is 36.1 Å². The van der Waals surface area contributed by atoms with E-state index < -0.39 is 6.09 Å². The van der Waals surface area contributed by atoms with Gasteiger partial charge in [0.1, 0.15) is 0 Å². The third kappa shape index (κ3) is 5.09. The second kappa shape index (κ2) is 8.99. The first-order valence-corrected chi connectivity index (χ1v) is 5.77. The quantitative estimate of drug-likeness (QED) is 0.859. The molecule has 1 N–H and O–H groups in total. The van der Waals surface area contributed by atoms with Crippen LogP contribution >= 0.6 is 0 Å². The summed E-state index contributed by atoms with van der Waals surface area (Å²) in [6.07, 6.45) is -0.838. The molecule has 0 heterocycles. The Morgan fingerprint density at radius 1 is 1.22 bits per heavy atom. The van der Waals surface area contributed by atoms with Crippen LogP contribution in [0.15, 0.2) is 42.5 Å². The molecule has 0 radical (unpaired) electrons. The van der Waals surface area contributed by atoms with Gasteiger partial charge in [0.2, 0.25) is 0 Å². The van der Waals surface area contributed by atoms with Crippen LogP contribution in [0.5, 0.6) is 0 Å². The van der Waals surface area contributed by atoms with Crippen LogP contribution in [0.2, 0.25) is 0 Å². The van der Waals surface area contributed by atoms with E-state index in [4.69, 9.17) is 5.11 Å². The third-order valence-corrected chi connectivity index (χ3v) is 2.58. The van der Waals surface area contributed by atoms with Crippen LogP contribution in [0.3, 0.4) is 0 Å². The van der Waals surface area contributed by atoms with Crippen molar-refractivity contribution in [1.29, 1.82) is 0 Å². The second-order valence-electron chi connectivity index (χ2n) is 3.61. The Bertz CT molecular complexity index is 433. The maximum Gasteiger partial charge on any atom is 0.407 e. The molecule has 0 aromatic heterocycles. The predicted molar refractivity (Wildman–Crippen MR) is 70.5 cm³/mol. The zero-order chi connectivity index (χ0) is 12.7. The predicted octanol–water partition coefficient (Wildman–Crippen LogP) is 3.56. The van der Waals surface area contributed by atoms with Crippen molar-refractivity contribution in [3.8, 4) is 0 Å². The largest absolute Gasteiger partial charge is 0.465 e. The molecular formula is C14H18NO2Zr-. The molecular weight excluding hydrogens is 305 g/mol. The van der Waals surface area contributed by atoms with Crippen LogP contribution in [0.4, 0.5) is 4.79 Å². The van der Waals surface area contributed by atoms with Gasteiger partial charge in [-0.15, -0.1) is 29.7 Å². The van der Waals surface area contributed by atoms with Gasteiger partial charge in [0.05, 0.1) is 0 Å². The molecule has 0 saturated heterocycles. The number of hydrogen-bond acceptors (Lipinski definition) is 1. The van der Waals surface area contributed by atoms with Crippen LogP contribution in [0.25, 0.3) is 10.8 Å². The normalized spacial score (nSPS) is 9.00. The molecule has 0 bridgehead atoms. The third-order valence-electron chi connectivity index (χ3n) is 2.58. The van der Waals surface area contributed by atoms with Crippen molar-refractivity contribution >= 4 is 16.9 Å². The first-order valence-electron chi connectivity index (χ1n) is 5.77. The van der Waals surface area contributed by atoms with Gasteiger partial charge in [-0.25, -0.2) is 4.79 Å². The molecule has 3 nitrogen and oxygen atoms in total. The summed E-state index contributed by atoms with van der Waals surface area (Å²) in [6.45, 7) is 4.78. The number of carboxylic acid groups (broad SMARTS) is 1. The minimum atomic E-state index is -0.838. The summed E-state index contributed by atoms with van der Waals surface area (Å²) >= 11 is 0. The van der Waals surface area contributed by atoms with E-state index in [0.717, 1.165) is 0 Å². The maximum absolute atomic E-state index is 10.1. The molecule has 96 valence electrons. The number of hydrogen-bond donors (Lipinski definition) is 1. The summed E-state index contributed by atoms with van der Waals surface area (Å²) in [5, 5.41) is 11.0. The molecule has 4 heteroatoms. The summed E-state index contributed by atoms with van der Waals surface area (Å²) in [6, 6.07) is 14.7. The molecule has 0 aliphatic rings. The second-order valence-corrected chi connectivity index (χ2v) is 3.61. The van der Waals surface area contributed by atoms with Crippen molar-refractivity contribution in [3.63, 3.8) is 0 Å². The van der Waals surface area contributed by atoms with Crippen LogP contribution in [0.1, 0.15) is 13.8 Å². The molecule has 0 unspecified atom stereocenters. The smallest absolute Gasteiger partial charge is 0.407 e. The molecule has 0 spiro atoms. The Kier molecular flexibility index (Phi) is 8.48. The zero-order valence-electron chi connectivity index (χ0n) is 10.8. The molecule has 0 atom stereocenters. The summed E-state index contributed by atoms with van der Waals surface area (Å²) in [4.78, 5) is 11.4. The first kappa shape index (κ1) is 17.0. The van der Waals surface area contributed by atoms with Gasteiger partial charge in [-0.1, -0.05) is 6.07 Å². The summed E-state index contributed by atoms with van der Waals surface area (Å²) in [5.74, 6) is 0. The van der Waals surface area contributed by atoms with Crippen molar-refractivity contribution in [2.45, 2.75) is 13.8 Å². The zero-order valence-corrected chi connectivity index (χ0v) is 13.2. The molecule has 0 saturated carbocycles. The SMILES string of the molecule is CCN(CC)C(=O)O.[Zr].c1ccc2[cH-]ccc2c1. The molecule has 0 fully saturated rings. The van der Waals surface area contributed by atoms with Gasteiger partial charge in [-0.3, -0.25) is 0 Å². The maximum atomic E-state index is 10.1. The van der Waals surface area contributed by atoms with E-state index in [1.807, 2.05) is 13.8 Å². The molecule has 1 amide bonds. The van der Waals surface area contributed by atoms with E-state index in [9.17, 15) is 4.79 Å².